The van der Waals surface area contributed by atoms with Gasteiger partial charge in [0.05, 0.1) is 4.47 Å². The number of nitrogens with zero attached hydrogens (tertiary/aromatic N) is 2. The first-order chi connectivity index (χ1) is 8.50. The van der Waals surface area contributed by atoms with Gasteiger partial charge in [0.15, 0.2) is 0 Å². The highest BCUT2D eigenvalue weighted by Crippen LogP contribution is 2.32. The molecule has 0 aliphatic heterocycles. The number of halogens is 1. The fourth-order valence-electron chi connectivity index (χ4n) is 2.06. The molecule has 0 spiro atoms. The van der Waals surface area contributed by atoms with Crippen LogP contribution in [0, 0.1) is 20.8 Å². The summed E-state index contributed by atoms with van der Waals surface area (Å²) in [4.78, 5) is 6.57. The molecule has 94 valence electrons. The van der Waals surface area contributed by atoms with E-state index in [-0.39, 0.29) is 0 Å². The molecule has 0 fully saturated rings. The number of pyridine rings is 1. The molecule has 2 rings (SSSR count). The predicted molar refractivity (Wildman–Crippen MR) is 80.7 cm³/mol. The average molecular weight is 305 g/mol. The van der Waals surface area contributed by atoms with Crippen LogP contribution in [0.2, 0.25) is 0 Å². The van der Waals surface area contributed by atoms with Crippen molar-refractivity contribution in [3.8, 4) is 0 Å². The summed E-state index contributed by atoms with van der Waals surface area (Å²) in [6.45, 7) is 6.31. The lowest BCUT2D eigenvalue weighted by Gasteiger charge is -2.22. The van der Waals surface area contributed by atoms with E-state index < -0.39 is 0 Å². The summed E-state index contributed by atoms with van der Waals surface area (Å²) in [7, 11) is 2.05. The summed E-state index contributed by atoms with van der Waals surface area (Å²) in [5.41, 5.74) is 4.91. The molecule has 0 saturated heterocycles. The molecule has 0 radical (unpaired) electrons. The Morgan fingerprint density at radius 1 is 1.06 bits per heavy atom. The van der Waals surface area contributed by atoms with Gasteiger partial charge in [0.25, 0.3) is 0 Å². The van der Waals surface area contributed by atoms with Crippen LogP contribution in [0.1, 0.15) is 16.7 Å². The van der Waals surface area contributed by atoms with Crippen molar-refractivity contribution in [1.29, 1.82) is 0 Å². The molecule has 0 aliphatic rings. The Labute approximate surface area is 117 Å². The van der Waals surface area contributed by atoms with E-state index in [1.807, 2.05) is 19.3 Å². The second-order valence-electron chi connectivity index (χ2n) is 4.61. The van der Waals surface area contributed by atoms with E-state index in [0.717, 1.165) is 10.3 Å². The van der Waals surface area contributed by atoms with Crippen molar-refractivity contribution in [1.82, 2.24) is 4.98 Å². The van der Waals surface area contributed by atoms with Crippen molar-refractivity contribution < 1.29 is 0 Å². The van der Waals surface area contributed by atoms with Crippen molar-refractivity contribution in [2.75, 3.05) is 11.9 Å². The van der Waals surface area contributed by atoms with Gasteiger partial charge >= 0.3 is 0 Å². The van der Waals surface area contributed by atoms with E-state index in [1.54, 1.807) is 0 Å². The van der Waals surface area contributed by atoms with Crippen LogP contribution in [-0.2, 0) is 0 Å². The van der Waals surface area contributed by atoms with Gasteiger partial charge in [0, 0.05) is 18.9 Å². The van der Waals surface area contributed by atoms with Crippen molar-refractivity contribution in [2.45, 2.75) is 20.8 Å². The zero-order valence-corrected chi connectivity index (χ0v) is 12.7. The van der Waals surface area contributed by atoms with Gasteiger partial charge in [-0.25, -0.2) is 4.98 Å². The molecule has 2 nitrogen and oxygen atoms in total. The normalized spacial score (nSPS) is 10.5. The molecule has 1 aromatic carbocycles. The lowest BCUT2D eigenvalue weighted by Crippen LogP contribution is -2.13. The Kier molecular flexibility index (Phi) is 3.71. The minimum Gasteiger partial charge on any atom is -0.328 e. The molecular formula is C15H17BrN2. The zero-order chi connectivity index (χ0) is 13.3. The highest BCUT2D eigenvalue weighted by atomic mass is 79.9. The Bertz CT molecular complexity index is 579. The highest BCUT2D eigenvalue weighted by Gasteiger charge is 2.12. The van der Waals surface area contributed by atoms with E-state index in [0.29, 0.717) is 0 Å². The number of aromatic nitrogens is 1. The Morgan fingerprint density at radius 3 is 2.44 bits per heavy atom. The van der Waals surface area contributed by atoms with Crippen molar-refractivity contribution in [3.63, 3.8) is 0 Å². The summed E-state index contributed by atoms with van der Waals surface area (Å²) in [5, 5.41) is 0. The van der Waals surface area contributed by atoms with Crippen molar-refractivity contribution in [3.05, 3.63) is 51.6 Å². The number of hydrogen-bond donors (Lipinski definition) is 0. The molecule has 2 aromatic rings. The Hall–Kier alpha value is -1.35. The molecule has 3 heteroatoms. The van der Waals surface area contributed by atoms with Crippen LogP contribution < -0.4 is 4.90 Å². The molecule has 0 atom stereocenters. The first-order valence-corrected chi connectivity index (χ1v) is 6.72. The number of rotatable bonds is 2. The zero-order valence-electron chi connectivity index (χ0n) is 11.2. The summed E-state index contributed by atoms with van der Waals surface area (Å²) in [6.07, 6.45) is 1.84. The Balaban J connectivity index is 2.48. The van der Waals surface area contributed by atoms with Gasteiger partial charge in [-0.05, 0) is 60.0 Å². The van der Waals surface area contributed by atoms with E-state index in [2.05, 4.69) is 64.8 Å². The number of benzene rings is 1. The second-order valence-corrected chi connectivity index (χ2v) is 5.41. The monoisotopic (exact) mass is 304 g/mol. The predicted octanol–water partition coefficient (Wildman–Crippen LogP) is 4.54. The molecule has 0 aliphatic carbocycles. The maximum atomic E-state index is 4.46. The van der Waals surface area contributed by atoms with Crippen LogP contribution in [0.3, 0.4) is 0 Å². The van der Waals surface area contributed by atoms with E-state index >= 15 is 0 Å². The summed E-state index contributed by atoms with van der Waals surface area (Å²) < 4.78 is 1.05. The van der Waals surface area contributed by atoms with Gasteiger partial charge < -0.3 is 4.90 Å². The average Bonchev–Trinajstić information content (AvgIpc) is 2.32. The van der Waals surface area contributed by atoms with Crippen LogP contribution >= 0.6 is 15.9 Å². The molecule has 0 N–H and O–H groups in total. The summed E-state index contributed by atoms with van der Waals surface area (Å²) in [6, 6.07) is 8.46. The first kappa shape index (κ1) is 13.1. The second kappa shape index (κ2) is 5.11. The summed E-state index contributed by atoms with van der Waals surface area (Å²) in [5.74, 6) is 0.946. The van der Waals surface area contributed by atoms with E-state index in [1.165, 1.54) is 22.4 Å². The quantitative estimate of drug-likeness (QED) is 0.810. The largest absolute Gasteiger partial charge is 0.328 e. The van der Waals surface area contributed by atoms with Gasteiger partial charge in [-0.15, -0.1) is 0 Å². The van der Waals surface area contributed by atoms with Crippen molar-refractivity contribution >= 4 is 27.4 Å². The molecule has 0 saturated carbocycles. The van der Waals surface area contributed by atoms with Gasteiger partial charge in [0.1, 0.15) is 5.82 Å². The minimum atomic E-state index is 0.946. The maximum Gasteiger partial charge on any atom is 0.147 e. The third kappa shape index (κ3) is 2.41. The topological polar surface area (TPSA) is 16.1 Å². The van der Waals surface area contributed by atoms with E-state index in [4.69, 9.17) is 0 Å². The van der Waals surface area contributed by atoms with E-state index in [9.17, 15) is 0 Å². The van der Waals surface area contributed by atoms with Crippen LogP contribution in [0.25, 0.3) is 0 Å². The number of hydrogen-bond acceptors (Lipinski definition) is 2. The molecule has 18 heavy (non-hydrogen) atoms. The first-order valence-electron chi connectivity index (χ1n) is 5.93. The van der Waals surface area contributed by atoms with Gasteiger partial charge in [-0.3, -0.25) is 0 Å². The molecule has 0 bridgehead atoms. The fourth-order valence-corrected chi connectivity index (χ4v) is 2.56. The van der Waals surface area contributed by atoms with Crippen LogP contribution in [0.15, 0.2) is 34.9 Å². The molecular weight excluding hydrogens is 288 g/mol. The number of anilines is 2. The number of aryl methyl sites for hydroxylation is 3. The van der Waals surface area contributed by atoms with Gasteiger partial charge in [-0.1, -0.05) is 17.7 Å². The molecule has 0 amide bonds. The molecule has 1 aromatic heterocycles. The van der Waals surface area contributed by atoms with Crippen LogP contribution in [0.5, 0.6) is 0 Å². The summed E-state index contributed by atoms with van der Waals surface area (Å²) >= 11 is 3.61. The lowest BCUT2D eigenvalue weighted by atomic mass is 10.1. The lowest BCUT2D eigenvalue weighted by molar-refractivity contribution is 1.09. The van der Waals surface area contributed by atoms with Crippen molar-refractivity contribution in [2.24, 2.45) is 0 Å². The van der Waals surface area contributed by atoms with Gasteiger partial charge in [-0.2, -0.15) is 0 Å². The van der Waals surface area contributed by atoms with Crippen LogP contribution in [0.4, 0.5) is 11.5 Å². The SMILES string of the molecule is Cc1ccc(N(C)c2nccc(C)c2Br)c(C)c1. The smallest absolute Gasteiger partial charge is 0.147 e. The third-order valence-electron chi connectivity index (χ3n) is 3.10. The maximum absolute atomic E-state index is 4.46. The Morgan fingerprint density at radius 2 is 1.78 bits per heavy atom. The van der Waals surface area contributed by atoms with Gasteiger partial charge in [0.2, 0.25) is 0 Å². The minimum absolute atomic E-state index is 0.946. The standard InChI is InChI=1S/C15H17BrN2/c1-10-5-6-13(12(3)9-10)18(4)15-14(16)11(2)7-8-17-15/h5-9H,1-4H3. The van der Waals surface area contributed by atoms with Crippen LogP contribution in [-0.4, -0.2) is 12.0 Å². The molecule has 0 unspecified atom stereocenters. The fraction of sp³-hybridized carbons (Fsp3) is 0.267. The molecule has 1 heterocycles. The third-order valence-corrected chi connectivity index (χ3v) is 4.08. The highest BCUT2D eigenvalue weighted by molar-refractivity contribution is 9.10.